The first-order chi connectivity index (χ1) is 25.5. The minimum Gasteiger partial charge on any atom is -0.497 e. The fourth-order valence-electron chi connectivity index (χ4n) is 5.88. The fourth-order valence-corrected chi connectivity index (χ4v) is 5.88. The quantitative estimate of drug-likeness (QED) is 0.119. The molecule has 1 amide bonds. The van der Waals surface area contributed by atoms with E-state index in [4.69, 9.17) is 33.0 Å². The lowest BCUT2D eigenvalue weighted by molar-refractivity contribution is 0.00578. The normalized spacial score (nSPS) is 16.1. The van der Waals surface area contributed by atoms with Gasteiger partial charge >= 0.3 is 13.2 Å². The number of carbonyl (C=O) groups is 1. The maximum Gasteiger partial charge on any atom is 0.494 e. The SMILES string of the molecule is COc1ccc(CNc2cnnc3cc(-c4cc(B5OC(C)(C)C(C)(C)O5)ccc4OC(C)COC(C)CCNC(=O)OC(C)(C)C)ccc23)c(OC)c1. The molecule has 1 aliphatic rings. The first-order valence-corrected chi connectivity index (χ1v) is 18.4. The Morgan fingerprint density at radius 2 is 1.65 bits per heavy atom. The minimum atomic E-state index is -0.551. The number of methoxy groups -OCH3 is 2. The summed E-state index contributed by atoms with van der Waals surface area (Å²) in [4.78, 5) is 12.0. The topological polar surface area (TPSA) is 132 Å². The van der Waals surface area contributed by atoms with Gasteiger partial charge in [0.15, 0.2) is 0 Å². The molecule has 2 unspecified atom stereocenters. The molecule has 12 nitrogen and oxygen atoms in total. The molecule has 2 heterocycles. The molecule has 1 saturated heterocycles. The molecule has 4 aromatic rings. The van der Waals surface area contributed by atoms with Crippen molar-refractivity contribution in [1.29, 1.82) is 0 Å². The summed E-state index contributed by atoms with van der Waals surface area (Å²) in [5.41, 5.74) is 3.64. The summed E-state index contributed by atoms with van der Waals surface area (Å²) < 4.78 is 41.7. The van der Waals surface area contributed by atoms with E-state index in [1.54, 1.807) is 20.4 Å². The fraction of sp³-hybridized carbons (Fsp3) is 0.488. The zero-order valence-electron chi connectivity index (χ0n) is 33.5. The molecule has 0 bridgehead atoms. The van der Waals surface area contributed by atoms with Crippen LogP contribution in [0.15, 0.2) is 60.8 Å². The van der Waals surface area contributed by atoms with Gasteiger partial charge in [-0.25, -0.2) is 4.79 Å². The van der Waals surface area contributed by atoms with Crippen molar-refractivity contribution in [3.63, 3.8) is 0 Å². The zero-order chi connectivity index (χ0) is 39.3. The Bertz CT molecular complexity index is 1900. The first kappa shape index (κ1) is 40.6. The van der Waals surface area contributed by atoms with E-state index in [1.807, 2.05) is 105 Å². The van der Waals surface area contributed by atoms with Gasteiger partial charge in [-0.3, -0.25) is 0 Å². The number of ether oxygens (including phenoxy) is 5. The van der Waals surface area contributed by atoms with Crippen LogP contribution in [0.25, 0.3) is 22.0 Å². The van der Waals surface area contributed by atoms with Crippen LogP contribution < -0.4 is 30.3 Å². The molecule has 5 rings (SSSR count). The van der Waals surface area contributed by atoms with Crippen molar-refractivity contribution in [2.45, 2.75) is 104 Å². The number of hydrogen-bond acceptors (Lipinski definition) is 11. The smallest absolute Gasteiger partial charge is 0.494 e. The Balaban J connectivity index is 1.35. The number of rotatable bonds is 15. The van der Waals surface area contributed by atoms with E-state index in [0.717, 1.165) is 50.2 Å². The molecule has 13 heteroatoms. The molecule has 1 aliphatic heterocycles. The molecular formula is C41H55BN4O8. The molecular weight excluding hydrogens is 687 g/mol. The predicted molar refractivity (Wildman–Crippen MR) is 212 cm³/mol. The second-order valence-corrected chi connectivity index (χ2v) is 15.7. The molecule has 0 saturated carbocycles. The van der Waals surface area contributed by atoms with E-state index in [0.29, 0.717) is 31.9 Å². The van der Waals surface area contributed by atoms with Crippen LogP contribution in [-0.2, 0) is 25.3 Å². The van der Waals surface area contributed by atoms with Gasteiger partial charge in [0.05, 0.1) is 55.5 Å². The van der Waals surface area contributed by atoms with E-state index in [2.05, 4.69) is 33.0 Å². The van der Waals surface area contributed by atoms with Gasteiger partial charge in [0.1, 0.15) is 29.0 Å². The highest BCUT2D eigenvalue weighted by atomic mass is 16.7. The summed E-state index contributed by atoms with van der Waals surface area (Å²) in [7, 11) is 2.73. The van der Waals surface area contributed by atoms with E-state index >= 15 is 0 Å². The highest BCUT2D eigenvalue weighted by Gasteiger charge is 2.51. The summed E-state index contributed by atoms with van der Waals surface area (Å²) >= 11 is 0. The van der Waals surface area contributed by atoms with Gasteiger partial charge in [-0.2, -0.15) is 10.2 Å². The second-order valence-electron chi connectivity index (χ2n) is 15.7. The maximum atomic E-state index is 12.0. The van der Waals surface area contributed by atoms with E-state index in [-0.39, 0.29) is 12.2 Å². The molecule has 2 N–H and O–H groups in total. The number of aromatic nitrogens is 2. The lowest BCUT2D eigenvalue weighted by Gasteiger charge is -2.32. The third-order valence-electron chi connectivity index (χ3n) is 9.61. The molecule has 0 radical (unpaired) electrons. The van der Waals surface area contributed by atoms with Gasteiger partial charge in [-0.1, -0.05) is 18.2 Å². The van der Waals surface area contributed by atoms with Crippen molar-refractivity contribution in [1.82, 2.24) is 15.5 Å². The Morgan fingerprint density at radius 3 is 2.33 bits per heavy atom. The predicted octanol–water partition coefficient (Wildman–Crippen LogP) is 7.31. The van der Waals surface area contributed by atoms with Crippen molar-refractivity contribution < 1.29 is 37.8 Å². The molecule has 290 valence electrons. The number of benzene rings is 3. The molecule has 54 heavy (non-hydrogen) atoms. The molecule has 1 aromatic heterocycles. The molecule has 2 atom stereocenters. The number of hydrogen-bond donors (Lipinski definition) is 2. The van der Waals surface area contributed by atoms with E-state index in [1.165, 1.54) is 0 Å². The standard InChI is InChI=1S/C41H55BN4O8/c1-26(18-19-43-38(47)52-39(3,4)5)50-25-27(2)51-36-17-14-30(42-53-40(6,7)41(8,9)54-42)21-33(36)28-13-16-32-34(20-28)46-45-24-35(32)44-23-29-12-15-31(48-10)22-37(29)49-11/h12-17,20-22,24,26-27H,18-19,23,25H2,1-11H3,(H,43,47)(H,44,46). The molecule has 0 aliphatic carbocycles. The van der Waals surface area contributed by atoms with Gasteiger partial charge in [0.25, 0.3) is 0 Å². The van der Waals surface area contributed by atoms with Gasteiger partial charge in [0.2, 0.25) is 0 Å². The number of anilines is 1. The minimum absolute atomic E-state index is 0.108. The van der Waals surface area contributed by atoms with Gasteiger partial charge in [0, 0.05) is 35.7 Å². The van der Waals surface area contributed by atoms with Crippen molar-refractivity contribution in [2.75, 3.05) is 32.7 Å². The molecule has 3 aromatic carbocycles. The van der Waals surface area contributed by atoms with Gasteiger partial charge in [-0.05, 0) is 110 Å². The van der Waals surface area contributed by atoms with E-state index in [9.17, 15) is 4.79 Å². The highest BCUT2D eigenvalue weighted by Crippen LogP contribution is 2.38. The van der Waals surface area contributed by atoms with Crippen molar-refractivity contribution in [2.24, 2.45) is 0 Å². The van der Waals surface area contributed by atoms with Crippen LogP contribution in [-0.4, -0.2) is 79.8 Å². The van der Waals surface area contributed by atoms with Crippen molar-refractivity contribution in [3.05, 3.63) is 66.4 Å². The summed E-state index contributed by atoms with van der Waals surface area (Å²) in [6, 6.07) is 17.9. The molecule has 0 spiro atoms. The van der Waals surface area contributed by atoms with Crippen LogP contribution in [0.4, 0.5) is 10.5 Å². The van der Waals surface area contributed by atoms with Gasteiger partial charge < -0.3 is 43.6 Å². The Kier molecular flexibility index (Phi) is 12.7. The highest BCUT2D eigenvalue weighted by molar-refractivity contribution is 6.62. The number of fused-ring (bicyclic) bond motifs is 1. The Hall–Kier alpha value is -4.59. The van der Waals surface area contributed by atoms with Crippen LogP contribution in [0.1, 0.15) is 74.3 Å². The summed E-state index contributed by atoms with van der Waals surface area (Å²) in [5.74, 6) is 2.14. The number of nitrogens with one attached hydrogen (secondary N) is 2. The van der Waals surface area contributed by atoms with Crippen LogP contribution in [0, 0.1) is 0 Å². The van der Waals surface area contributed by atoms with Crippen LogP contribution in [0.3, 0.4) is 0 Å². The molecule has 1 fully saturated rings. The lowest BCUT2D eigenvalue weighted by Crippen LogP contribution is -2.41. The monoisotopic (exact) mass is 742 g/mol. The average Bonchev–Trinajstić information content (AvgIpc) is 3.34. The summed E-state index contributed by atoms with van der Waals surface area (Å²) in [6.07, 6.45) is 1.52. The lowest BCUT2D eigenvalue weighted by atomic mass is 9.77. The Morgan fingerprint density at radius 1 is 0.907 bits per heavy atom. The number of amides is 1. The van der Waals surface area contributed by atoms with Gasteiger partial charge in [-0.15, -0.1) is 0 Å². The number of carbonyl (C=O) groups excluding carboxylic acids is 1. The zero-order valence-corrected chi connectivity index (χ0v) is 33.5. The van der Waals surface area contributed by atoms with Crippen LogP contribution in [0.5, 0.6) is 17.2 Å². The van der Waals surface area contributed by atoms with Crippen molar-refractivity contribution >= 4 is 35.3 Å². The average molecular weight is 743 g/mol. The largest absolute Gasteiger partial charge is 0.497 e. The first-order valence-electron chi connectivity index (χ1n) is 18.4. The Labute approximate surface area is 319 Å². The number of alkyl carbamates (subject to hydrolysis) is 1. The van der Waals surface area contributed by atoms with Crippen LogP contribution >= 0.6 is 0 Å². The van der Waals surface area contributed by atoms with Crippen LogP contribution in [0.2, 0.25) is 0 Å². The van der Waals surface area contributed by atoms with E-state index < -0.39 is 30.0 Å². The summed E-state index contributed by atoms with van der Waals surface area (Å²) in [5, 5.41) is 16.0. The third kappa shape index (κ3) is 10.1. The second kappa shape index (κ2) is 16.8. The third-order valence-corrected chi connectivity index (χ3v) is 9.61. The number of nitrogens with zero attached hydrogens (tertiary/aromatic N) is 2. The maximum absolute atomic E-state index is 12.0. The summed E-state index contributed by atoms with van der Waals surface area (Å²) in [6.45, 7) is 18.9. The van der Waals surface area contributed by atoms with Crippen molar-refractivity contribution in [3.8, 4) is 28.4 Å².